The quantitative estimate of drug-likeness (QED) is 0.650. The van der Waals surface area contributed by atoms with E-state index in [-0.39, 0.29) is 0 Å². The lowest BCUT2D eigenvalue weighted by molar-refractivity contribution is 0.252. The van der Waals surface area contributed by atoms with E-state index in [9.17, 15) is 0 Å². The maximum Gasteiger partial charge on any atom is 0.118 e. The van der Waals surface area contributed by atoms with E-state index < -0.39 is 0 Å². The van der Waals surface area contributed by atoms with Crippen molar-refractivity contribution in [3.8, 4) is 17.0 Å². The molecule has 0 saturated heterocycles. The van der Waals surface area contributed by atoms with Gasteiger partial charge in [0, 0.05) is 5.56 Å². The molecule has 0 aliphatic heterocycles. The van der Waals surface area contributed by atoms with Crippen molar-refractivity contribution in [3.63, 3.8) is 0 Å². The van der Waals surface area contributed by atoms with E-state index in [1.807, 2.05) is 24.3 Å². The molecule has 1 heterocycles. The van der Waals surface area contributed by atoms with Gasteiger partial charge in [-0.25, -0.2) is 0 Å². The van der Waals surface area contributed by atoms with Gasteiger partial charge < -0.3 is 4.74 Å². The summed E-state index contributed by atoms with van der Waals surface area (Å²) in [5.74, 6) is 2.74. The average Bonchev–Trinajstić information content (AvgIpc) is 2.68. The fraction of sp³-hybridized carbons (Fsp3) is 0.545. The van der Waals surface area contributed by atoms with E-state index in [1.165, 1.54) is 44.9 Å². The minimum Gasteiger partial charge on any atom is -0.497 e. The van der Waals surface area contributed by atoms with Gasteiger partial charge in [0.1, 0.15) is 5.75 Å². The largest absolute Gasteiger partial charge is 0.497 e. The number of ether oxygens (including phenoxy) is 1. The van der Waals surface area contributed by atoms with Crippen LogP contribution in [0.1, 0.15) is 57.6 Å². The van der Waals surface area contributed by atoms with Crippen molar-refractivity contribution in [1.82, 2.24) is 10.2 Å². The van der Waals surface area contributed by atoms with E-state index in [1.54, 1.807) is 7.11 Å². The lowest BCUT2D eigenvalue weighted by Gasteiger charge is -2.28. The minimum atomic E-state index is 0.863. The Morgan fingerprint density at radius 2 is 1.56 bits per heavy atom. The molecule has 1 aromatic heterocycles. The molecule has 1 fully saturated rings. The van der Waals surface area contributed by atoms with Crippen LogP contribution in [0.3, 0.4) is 0 Å². The molecule has 0 bridgehead atoms. The van der Waals surface area contributed by atoms with E-state index in [0.717, 1.165) is 41.0 Å². The number of benzene rings is 1. The fourth-order valence-electron chi connectivity index (χ4n) is 3.98. The summed E-state index contributed by atoms with van der Waals surface area (Å²) in [6.45, 7) is 2.31. The summed E-state index contributed by atoms with van der Waals surface area (Å²) in [5.41, 5.74) is 3.12. The first-order chi connectivity index (χ1) is 12.3. The van der Waals surface area contributed by atoms with Crippen LogP contribution < -0.4 is 4.74 Å². The number of aromatic nitrogens is 2. The van der Waals surface area contributed by atoms with Crippen molar-refractivity contribution in [2.75, 3.05) is 7.11 Å². The SMILES string of the molecule is CCCC1CCC(CCc2ccc(-c3ccc(OC)cc3)nn2)CC1. The van der Waals surface area contributed by atoms with Crippen LogP contribution in [0.4, 0.5) is 0 Å². The molecule has 0 radical (unpaired) electrons. The van der Waals surface area contributed by atoms with Crippen LogP contribution >= 0.6 is 0 Å². The first-order valence-corrected chi connectivity index (χ1v) is 9.75. The predicted octanol–water partition coefficient (Wildman–Crippen LogP) is 5.69. The van der Waals surface area contributed by atoms with Crippen LogP contribution in [0.15, 0.2) is 36.4 Å². The second-order valence-corrected chi connectivity index (χ2v) is 7.35. The first kappa shape index (κ1) is 17.9. The Morgan fingerprint density at radius 3 is 2.12 bits per heavy atom. The topological polar surface area (TPSA) is 35.0 Å². The van der Waals surface area contributed by atoms with Crippen molar-refractivity contribution >= 4 is 0 Å². The fourth-order valence-corrected chi connectivity index (χ4v) is 3.98. The molecule has 1 aliphatic carbocycles. The lowest BCUT2D eigenvalue weighted by atomic mass is 9.78. The predicted molar refractivity (Wildman–Crippen MR) is 103 cm³/mol. The molecule has 134 valence electrons. The van der Waals surface area contributed by atoms with Crippen LogP contribution in [0, 0.1) is 11.8 Å². The second-order valence-electron chi connectivity index (χ2n) is 7.35. The molecule has 1 saturated carbocycles. The molecule has 3 rings (SSSR count). The molecular weight excluding hydrogens is 308 g/mol. The van der Waals surface area contributed by atoms with Gasteiger partial charge in [0.2, 0.25) is 0 Å². The lowest BCUT2D eigenvalue weighted by Crippen LogP contribution is -2.15. The zero-order valence-corrected chi connectivity index (χ0v) is 15.6. The Kier molecular flexibility index (Phi) is 6.43. The number of rotatable bonds is 7. The second kappa shape index (κ2) is 8.98. The van der Waals surface area contributed by atoms with Gasteiger partial charge in [-0.2, -0.15) is 10.2 Å². The summed E-state index contributed by atoms with van der Waals surface area (Å²) in [7, 11) is 1.68. The van der Waals surface area contributed by atoms with Crippen molar-refractivity contribution in [3.05, 3.63) is 42.1 Å². The number of hydrogen-bond donors (Lipinski definition) is 0. The molecule has 0 spiro atoms. The van der Waals surface area contributed by atoms with Gasteiger partial charge in [0.15, 0.2) is 0 Å². The molecule has 2 aromatic rings. The van der Waals surface area contributed by atoms with Gasteiger partial charge >= 0.3 is 0 Å². The van der Waals surface area contributed by atoms with Crippen molar-refractivity contribution in [2.24, 2.45) is 11.8 Å². The minimum absolute atomic E-state index is 0.863. The van der Waals surface area contributed by atoms with Gasteiger partial charge in [0.25, 0.3) is 0 Å². The molecule has 0 N–H and O–H groups in total. The van der Waals surface area contributed by atoms with Crippen LogP contribution in [0.25, 0.3) is 11.3 Å². The molecule has 3 nitrogen and oxygen atoms in total. The van der Waals surface area contributed by atoms with Crippen LogP contribution in [0.5, 0.6) is 5.75 Å². The van der Waals surface area contributed by atoms with Crippen LogP contribution in [-0.4, -0.2) is 17.3 Å². The highest BCUT2D eigenvalue weighted by Gasteiger charge is 2.20. The zero-order valence-electron chi connectivity index (χ0n) is 15.6. The normalized spacial score (nSPS) is 20.4. The third-order valence-electron chi connectivity index (χ3n) is 5.58. The van der Waals surface area contributed by atoms with Crippen LogP contribution in [0.2, 0.25) is 0 Å². The van der Waals surface area contributed by atoms with E-state index in [4.69, 9.17) is 4.74 Å². The molecule has 0 amide bonds. The molecule has 3 heteroatoms. The van der Waals surface area contributed by atoms with Gasteiger partial charge in [-0.05, 0) is 61.1 Å². The Hall–Kier alpha value is -1.90. The van der Waals surface area contributed by atoms with Gasteiger partial charge in [-0.3, -0.25) is 0 Å². The first-order valence-electron chi connectivity index (χ1n) is 9.75. The summed E-state index contributed by atoms with van der Waals surface area (Å²) in [4.78, 5) is 0. The molecule has 0 unspecified atom stereocenters. The van der Waals surface area contributed by atoms with Gasteiger partial charge in [0.05, 0.1) is 18.5 Å². The number of hydrogen-bond acceptors (Lipinski definition) is 3. The van der Waals surface area contributed by atoms with Crippen molar-refractivity contribution < 1.29 is 4.74 Å². The van der Waals surface area contributed by atoms with Gasteiger partial charge in [-0.1, -0.05) is 45.4 Å². The summed E-state index contributed by atoms with van der Waals surface area (Å²) in [5, 5.41) is 8.86. The number of aryl methyl sites for hydroxylation is 1. The maximum atomic E-state index is 5.20. The summed E-state index contributed by atoms with van der Waals surface area (Å²) in [6, 6.07) is 12.2. The highest BCUT2D eigenvalue weighted by molar-refractivity contribution is 5.59. The van der Waals surface area contributed by atoms with E-state index in [2.05, 4.69) is 29.3 Å². The monoisotopic (exact) mass is 338 g/mol. The average molecular weight is 338 g/mol. The summed E-state index contributed by atoms with van der Waals surface area (Å²) < 4.78 is 5.20. The highest BCUT2D eigenvalue weighted by atomic mass is 16.5. The standard InChI is InChI=1S/C22H30N2O/c1-3-4-17-5-7-18(8-6-17)9-12-20-13-16-22(24-23-20)19-10-14-21(25-2)15-11-19/h10-11,13-18H,3-9,12H2,1-2H3. The summed E-state index contributed by atoms with van der Waals surface area (Å²) in [6.07, 6.45) is 10.7. The maximum absolute atomic E-state index is 5.20. The Morgan fingerprint density at radius 1 is 0.880 bits per heavy atom. The number of nitrogens with zero attached hydrogens (tertiary/aromatic N) is 2. The van der Waals surface area contributed by atoms with Crippen LogP contribution in [-0.2, 0) is 6.42 Å². The Labute approximate surface area is 151 Å². The Balaban J connectivity index is 1.49. The third-order valence-corrected chi connectivity index (χ3v) is 5.58. The molecule has 0 atom stereocenters. The van der Waals surface area contributed by atoms with Crippen molar-refractivity contribution in [2.45, 2.75) is 58.3 Å². The molecule has 1 aromatic carbocycles. The third kappa shape index (κ3) is 5.04. The molecular formula is C22H30N2O. The summed E-state index contributed by atoms with van der Waals surface area (Å²) >= 11 is 0. The zero-order chi connectivity index (χ0) is 17.5. The molecule has 25 heavy (non-hydrogen) atoms. The van der Waals surface area contributed by atoms with Gasteiger partial charge in [-0.15, -0.1) is 0 Å². The highest BCUT2D eigenvalue weighted by Crippen LogP contribution is 2.33. The van der Waals surface area contributed by atoms with E-state index >= 15 is 0 Å². The Bertz CT molecular complexity index is 628. The molecule has 1 aliphatic rings. The van der Waals surface area contributed by atoms with Crippen molar-refractivity contribution in [1.29, 1.82) is 0 Å². The van der Waals surface area contributed by atoms with E-state index in [0.29, 0.717) is 0 Å². The smallest absolute Gasteiger partial charge is 0.118 e. The number of methoxy groups -OCH3 is 1.